The third-order valence-electron chi connectivity index (χ3n) is 1.62. The predicted octanol–water partition coefficient (Wildman–Crippen LogP) is 0.636. The van der Waals surface area contributed by atoms with Crippen LogP contribution in [0.2, 0.25) is 0 Å². The van der Waals surface area contributed by atoms with E-state index in [-0.39, 0.29) is 18.1 Å². The fourth-order valence-corrected chi connectivity index (χ4v) is 1.42. The second-order valence-corrected chi connectivity index (χ2v) is 3.42. The van der Waals surface area contributed by atoms with Crippen molar-refractivity contribution in [1.82, 2.24) is 4.57 Å². The van der Waals surface area contributed by atoms with Gasteiger partial charge in [0.2, 0.25) is 5.91 Å². The van der Waals surface area contributed by atoms with Gasteiger partial charge >= 0.3 is 5.97 Å². The van der Waals surface area contributed by atoms with Gasteiger partial charge in [0, 0.05) is 10.7 Å². The highest BCUT2D eigenvalue weighted by atomic mass is 79.9. The van der Waals surface area contributed by atoms with Crippen molar-refractivity contribution >= 4 is 27.8 Å². The number of esters is 1. The molecule has 0 unspecified atom stereocenters. The van der Waals surface area contributed by atoms with E-state index in [0.29, 0.717) is 4.47 Å². The molecule has 0 fully saturated rings. The number of rotatable bonds is 2. The number of ether oxygens (including phenoxy) is 1. The molecule has 14 heavy (non-hydrogen) atoms. The van der Waals surface area contributed by atoms with Gasteiger partial charge in [-0.25, -0.2) is 4.79 Å². The number of hydrogen-bond donors (Lipinski definition) is 1. The van der Waals surface area contributed by atoms with Crippen LogP contribution in [0.3, 0.4) is 0 Å². The van der Waals surface area contributed by atoms with Crippen LogP contribution in [0.4, 0.5) is 0 Å². The Bertz CT molecular complexity index is 339. The molecule has 0 atom stereocenters. The molecular weight excluding hydrogens is 252 g/mol. The largest absolute Gasteiger partial charge is 0.464 e. The molecule has 0 aliphatic rings. The number of hydrogen-bond acceptors (Lipinski definition) is 4. The van der Waals surface area contributed by atoms with Crippen molar-refractivity contribution in [3.8, 4) is 0 Å². The molecule has 0 saturated carbocycles. The SMILES string of the molecule is COC(=O)c1cc(Br)cn1C(=O)CN. The van der Waals surface area contributed by atoms with Crippen molar-refractivity contribution in [1.29, 1.82) is 0 Å². The predicted molar refractivity (Wildman–Crippen MR) is 53.2 cm³/mol. The lowest BCUT2D eigenvalue weighted by molar-refractivity contribution is 0.0581. The van der Waals surface area contributed by atoms with E-state index in [4.69, 9.17) is 5.73 Å². The van der Waals surface area contributed by atoms with Gasteiger partial charge in [0.05, 0.1) is 13.7 Å². The van der Waals surface area contributed by atoms with Crippen molar-refractivity contribution in [2.45, 2.75) is 0 Å². The maximum Gasteiger partial charge on any atom is 0.355 e. The summed E-state index contributed by atoms with van der Waals surface area (Å²) in [7, 11) is 1.25. The first-order valence-electron chi connectivity index (χ1n) is 3.79. The zero-order chi connectivity index (χ0) is 10.7. The molecule has 1 aromatic heterocycles. The molecular formula is C8H9BrN2O3. The third-order valence-corrected chi connectivity index (χ3v) is 2.06. The van der Waals surface area contributed by atoms with Crippen LogP contribution < -0.4 is 5.73 Å². The molecule has 0 amide bonds. The highest BCUT2D eigenvalue weighted by molar-refractivity contribution is 9.10. The van der Waals surface area contributed by atoms with Crippen LogP contribution in [0.5, 0.6) is 0 Å². The van der Waals surface area contributed by atoms with Crippen LogP contribution in [0, 0.1) is 0 Å². The number of methoxy groups -OCH3 is 1. The van der Waals surface area contributed by atoms with Gasteiger partial charge in [-0.1, -0.05) is 0 Å². The monoisotopic (exact) mass is 260 g/mol. The first-order chi connectivity index (χ1) is 6.60. The lowest BCUT2D eigenvalue weighted by atomic mass is 10.4. The number of halogens is 1. The first-order valence-corrected chi connectivity index (χ1v) is 4.59. The molecule has 76 valence electrons. The summed E-state index contributed by atoms with van der Waals surface area (Å²) in [5.74, 6) is -0.936. The zero-order valence-corrected chi connectivity index (χ0v) is 9.08. The Hall–Kier alpha value is -1.14. The summed E-state index contributed by atoms with van der Waals surface area (Å²) in [6.07, 6.45) is 1.47. The molecule has 0 aromatic carbocycles. The quantitative estimate of drug-likeness (QED) is 0.792. The van der Waals surface area contributed by atoms with Crippen LogP contribution in [0.15, 0.2) is 16.7 Å². The third kappa shape index (κ3) is 2.02. The lowest BCUT2D eigenvalue weighted by Crippen LogP contribution is -2.24. The molecule has 6 heteroatoms. The number of aromatic nitrogens is 1. The number of carbonyl (C=O) groups excluding carboxylic acids is 2. The van der Waals surface area contributed by atoms with Gasteiger partial charge in [0.25, 0.3) is 0 Å². The van der Waals surface area contributed by atoms with Crippen LogP contribution >= 0.6 is 15.9 Å². The van der Waals surface area contributed by atoms with E-state index in [1.165, 1.54) is 19.4 Å². The zero-order valence-electron chi connectivity index (χ0n) is 7.49. The van der Waals surface area contributed by atoms with E-state index < -0.39 is 5.97 Å². The van der Waals surface area contributed by atoms with Crippen molar-refractivity contribution in [2.75, 3.05) is 13.7 Å². The summed E-state index contributed by atoms with van der Waals surface area (Å²) < 4.78 is 6.30. The van der Waals surface area contributed by atoms with E-state index in [9.17, 15) is 9.59 Å². The Labute approximate surface area is 89.0 Å². The molecule has 0 bridgehead atoms. The van der Waals surface area contributed by atoms with Gasteiger partial charge in [-0.05, 0) is 22.0 Å². The molecule has 1 aromatic rings. The normalized spacial score (nSPS) is 9.93. The highest BCUT2D eigenvalue weighted by Crippen LogP contribution is 2.15. The smallest absolute Gasteiger partial charge is 0.355 e. The summed E-state index contributed by atoms with van der Waals surface area (Å²) in [5.41, 5.74) is 5.35. The lowest BCUT2D eigenvalue weighted by Gasteiger charge is -2.03. The van der Waals surface area contributed by atoms with Gasteiger partial charge in [-0.2, -0.15) is 0 Å². The fraction of sp³-hybridized carbons (Fsp3) is 0.250. The van der Waals surface area contributed by atoms with E-state index in [2.05, 4.69) is 20.7 Å². The summed E-state index contributed by atoms with van der Waals surface area (Å²) in [6, 6.07) is 1.50. The molecule has 1 rings (SSSR count). The second-order valence-electron chi connectivity index (χ2n) is 2.50. The Balaban J connectivity index is 3.15. The Morgan fingerprint density at radius 2 is 2.29 bits per heavy atom. The van der Waals surface area contributed by atoms with Crippen molar-refractivity contribution in [3.05, 3.63) is 22.4 Å². The fourth-order valence-electron chi connectivity index (χ4n) is 0.997. The molecule has 2 N–H and O–H groups in total. The molecule has 0 radical (unpaired) electrons. The summed E-state index contributed by atoms with van der Waals surface area (Å²) in [4.78, 5) is 22.5. The van der Waals surface area contributed by atoms with Crippen LogP contribution in [0.25, 0.3) is 0 Å². The number of nitrogens with zero attached hydrogens (tertiary/aromatic N) is 1. The van der Waals surface area contributed by atoms with E-state index in [0.717, 1.165) is 4.57 Å². The van der Waals surface area contributed by atoms with Crippen LogP contribution in [0.1, 0.15) is 15.3 Å². The van der Waals surface area contributed by atoms with Gasteiger partial charge in [0.15, 0.2) is 0 Å². The highest BCUT2D eigenvalue weighted by Gasteiger charge is 2.16. The van der Waals surface area contributed by atoms with Gasteiger partial charge in [0.1, 0.15) is 5.69 Å². The first kappa shape index (κ1) is 10.9. The maximum absolute atomic E-state index is 11.3. The van der Waals surface area contributed by atoms with Crippen molar-refractivity contribution in [2.24, 2.45) is 5.73 Å². The Kier molecular flexibility index (Phi) is 3.43. The van der Waals surface area contributed by atoms with Crippen molar-refractivity contribution in [3.63, 3.8) is 0 Å². The standard InChI is InChI=1S/C8H9BrN2O3/c1-14-8(13)6-2-5(9)4-11(6)7(12)3-10/h2,4H,3,10H2,1H3. The molecule has 0 saturated heterocycles. The van der Waals surface area contributed by atoms with Crippen LogP contribution in [-0.4, -0.2) is 30.1 Å². The van der Waals surface area contributed by atoms with Gasteiger partial charge < -0.3 is 10.5 Å². The van der Waals surface area contributed by atoms with Gasteiger partial charge in [-0.3, -0.25) is 9.36 Å². The van der Waals surface area contributed by atoms with Crippen LogP contribution in [-0.2, 0) is 4.74 Å². The van der Waals surface area contributed by atoms with E-state index >= 15 is 0 Å². The Morgan fingerprint density at radius 1 is 1.64 bits per heavy atom. The molecule has 0 aliphatic carbocycles. The summed E-state index contributed by atoms with van der Waals surface area (Å²) >= 11 is 3.16. The Morgan fingerprint density at radius 3 is 2.79 bits per heavy atom. The molecule has 1 heterocycles. The molecule has 0 spiro atoms. The average molecular weight is 261 g/mol. The summed E-state index contributed by atoms with van der Waals surface area (Å²) in [6.45, 7) is -0.162. The molecule has 0 aliphatic heterocycles. The summed E-state index contributed by atoms with van der Waals surface area (Å²) in [5, 5.41) is 0. The van der Waals surface area contributed by atoms with E-state index in [1.54, 1.807) is 0 Å². The second kappa shape index (κ2) is 4.39. The maximum atomic E-state index is 11.3. The van der Waals surface area contributed by atoms with Gasteiger partial charge in [-0.15, -0.1) is 0 Å². The average Bonchev–Trinajstić information content (AvgIpc) is 2.58. The van der Waals surface area contributed by atoms with E-state index in [1.807, 2.05) is 0 Å². The number of carbonyl (C=O) groups is 2. The minimum Gasteiger partial charge on any atom is -0.464 e. The van der Waals surface area contributed by atoms with Crippen molar-refractivity contribution < 1.29 is 14.3 Å². The minimum absolute atomic E-state index is 0.162. The topological polar surface area (TPSA) is 74.3 Å². The molecule has 5 nitrogen and oxygen atoms in total. The number of nitrogens with two attached hydrogens (primary N) is 1. The minimum atomic E-state index is -0.572.